The summed E-state index contributed by atoms with van der Waals surface area (Å²) in [6, 6.07) is 11.2. The molecule has 2 rings (SSSR count). The minimum atomic E-state index is -0.532. The van der Waals surface area contributed by atoms with Gasteiger partial charge in [-0.05, 0) is 25.1 Å². The lowest BCUT2D eigenvalue weighted by Crippen LogP contribution is -2.36. The number of para-hydroxylation sites is 1. The van der Waals surface area contributed by atoms with Crippen LogP contribution in [0, 0.1) is 0 Å². The maximum atomic E-state index is 11.9. The van der Waals surface area contributed by atoms with Gasteiger partial charge in [-0.1, -0.05) is 18.2 Å². The number of benzene rings is 1. The summed E-state index contributed by atoms with van der Waals surface area (Å²) in [6.07, 6.45) is 1.17. The first-order chi connectivity index (χ1) is 9.16. The second-order valence-corrected chi connectivity index (χ2v) is 4.24. The number of nitrogens with zero attached hydrogens (tertiary/aromatic N) is 2. The number of carbonyl (C=O) groups excluding carboxylic acids is 1. The van der Waals surface area contributed by atoms with E-state index in [2.05, 4.69) is 10.4 Å². The molecule has 19 heavy (non-hydrogen) atoms. The Balaban J connectivity index is 1.84. The molecule has 0 spiro atoms. The summed E-state index contributed by atoms with van der Waals surface area (Å²) in [5.74, 6) is 0.538. The number of rotatable bonds is 5. The molecule has 1 amide bonds. The van der Waals surface area contributed by atoms with Crippen LogP contribution in [-0.4, -0.2) is 21.8 Å². The van der Waals surface area contributed by atoms with Crippen LogP contribution in [0.25, 0.3) is 0 Å². The molecule has 1 unspecified atom stereocenters. The molecular formula is C14H17N3O2. The molecule has 0 aliphatic heterocycles. The van der Waals surface area contributed by atoms with Crippen LogP contribution in [0.4, 0.5) is 0 Å². The van der Waals surface area contributed by atoms with Crippen molar-refractivity contribution in [2.75, 3.05) is 0 Å². The first-order valence-corrected chi connectivity index (χ1v) is 6.13. The average molecular weight is 259 g/mol. The third-order valence-corrected chi connectivity index (χ3v) is 2.79. The molecule has 2 aromatic rings. The molecule has 1 aromatic carbocycles. The highest BCUT2D eigenvalue weighted by Gasteiger charge is 2.14. The van der Waals surface area contributed by atoms with Crippen LogP contribution in [0.15, 0.2) is 42.6 Å². The number of amides is 1. The summed E-state index contributed by atoms with van der Waals surface area (Å²) in [6.45, 7) is 2.17. The van der Waals surface area contributed by atoms with E-state index in [0.717, 1.165) is 5.69 Å². The van der Waals surface area contributed by atoms with Crippen molar-refractivity contribution < 1.29 is 9.53 Å². The van der Waals surface area contributed by atoms with Crippen molar-refractivity contribution in [2.45, 2.75) is 19.6 Å². The number of nitrogens with one attached hydrogen (secondary N) is 1. The Bertz CT molecular complexity index is 537. The molecule has 1 atom stereocenters. The van der Waals surface area contributed by atoms with Crippen molar-refractivity contribution in [1.29, 1.82) is 0 Å². The molecule has 0 radical (unpaired) electrons. The lowest BCUT2D eigenvalue weighted by atomic mass is 10.3. The lowest BCUT2D eigenvalue weighted by molar-refractivity contribution is -0.127. The summed E-state index contributed by atoms with van der Waals surface area (Å²) >= 11 is 0. The molecule has 1 heterocycles. The van der Waals surface area contributed by atoms with Gasteiger partial charge in [0.15, 0.2) is 6.10 Å². The van der Waals surface area contributed by atoms with Gasteiger partial charge in [0.25, 0.3) is 5.91 Å². The van der Waals surface area contributed by atoms with Crippen LogP contribution < -0.4 is 10.1 Å². The SMILES string of the molecule is CC(Oc1ccccc1)C(=O)NCc1ccnn1C. The molecule has 0 aliphatic carbocycles. The van der Waals surface area contributed by atoms with E-state index in [1.54, 1.807) is 17.8 Å². The normalized spacial score (nSPS) is 11.9. The van der Waals surface area contributed by atoms with Crippen LogP contribution in [0.1, 0.15) is 12.6 Å². The smallest absolute Gasteiger partial charge is 0.261 e. The van der Waals surface area contributed by atoms with E-state index in [4.69, 9.17) is 4.74 Å². The average Bonchev–Trinajstić information content (AvgIpc) is 2.82. The molecule has 0 fully saturated rings. The number of ether oxygens (including phenoxy) is 1. The fraction of sp³-hybridized carbons (Fsp3) is 0.286. The van der Waals surface area contributed by atoms with E-state index >= 15 is 0 Å². The van der Waals surface area contributed by atoms with E-state index in [9.17, 15) is 4.79 Å². The second kappa shape index (κ2) is 6.04. The Kier molecular flexibility index (Phi) is 4.18. The Hall–Kier alpha value is -2.30. The van der Waals surface area contributed by atoms with Gasteiger partial charge in [-0.2, -0.15) is 5.10 Å². The van der Waals surface area contributed by atoms with Crippen molar-refractivity contribution in [3.63, 3.8) is 0 Å². The first-order valence-electron chi connectivity index (χ1n) is 6.13. The number of aromatic nitrogens is 2. The minimum Gasteiger partial charge on any atom is -0.481 e. The van der Waals surface area contributed by atoms with Crippen LogP contribution in [0.2, 0.25) is 0 Å². The molecule has 0 saturated heterocycles. The van der Waals surface area contributed by atoms with Crippen LogP contribution in [0.3, 0.4) is 0 Å². The highest BCUT2D eigenvalue weighted by molar-refractivity contribution is 5.80. The predicted molar refractivity (Wildman–Crippen MR) is 71.6 cm³/mol. The Morgan fingerprint density at radius 2 is 2.11 bits per heavy atom. The Morgan fingerprint density at radius 1 is 1.37 bits per heavy atom. The zero-order valence-corrected chi connectivity index (χ0v) is 11.0. The standard InChI is InChI=1S/C14H17N3O2/c1-11(19-13-6-4-3-5-7-13)14(18)15-10-12-8-9-16-17(12)2/h3-9,11H,10H2,1-2H3,(H,15,18). The van der Waals surface area contributed by atoms with Crippen molar-refractivity contribution in [3.8, 4) is 5.75 Å². The summed E-state index contributed by atoms with van der Waals surface area (Å²) in [5, 5.41) is 6.86. The van der Waals surface area contributed by atoms with E-state index in [-0.39, 0.29) is 5.91 Å². The fourth-order valence-electron chi connectivity index (χ4n) is 1.65. The van der Waals surface area contributed by atoms with Gasteiger partial charge >= 0.3 is 0 Å². The zero-order valence-electron chi connectivity index (χ0n) is 11.0. The predicted octanol–water partition coefficient (Wildman–Crippen LogP) is 1.50. The largest absolute Gasteiger partial charge is 0.481 e. The van der Waals surface area contributed by atoms with Gasteiger partial charge in [-0.3, -0.25) is 9.48 Å². The number of aryl methyl sites for hydroxylation is 1. The molecule has 5 heteroatoms. The van der Waals surface area contributed by atoms with Crippen molar-refractivity contribution >= 4 is 5.91 Å². The van der Waals surface area contributed by atoms with E-state index < -0.39 is 6.10 Å². The van der Waals surface area contributed by atoms with Gasteiger partial charge in [-0.15, -0.1) is 0 Å². The van der Waals surface area contributed by atoms with E-state index in [1.807, 2.05) is 43.4 Å². The van der Waals surface area contributed by atoms with Gasteiger partial charge in [0.05, 0.1) is 12.2 Å². The summed E-state index contributed by atoms with van der Waals surface area (Å²) < 4.78 is 7.27. The van der Waals surface area contributed by atoms with Crippen LogP contribution >= 0.6 is 0 Å². The lowest BCUT2D eigenvalue weighted by Gasteiger charge is -2.14. The zero-order chi connectivity index (χ0) is 13.7. The summed E-state index contributed by atoms with van der Waals surface area (Å²) in [5.41, 5.74) is 0.945. The number of hydrogen-bond donors (Lipinski definition) is 1. The van der Waals surface area contributed by atoms with Gasteiger partial charge in [-0.25, -0.2) is 0 Å². The highest BCUT2D eigenvalue weighted by Crippen LogP contribution is 2.10. The molecule has 1 N–H and O–H groups in total. The van der Waals surface area contributed by atoms with E-state index in [0.29, 0.717) is 12.3 Å². The third kappa shape index (κ3) is 3.58. The maximum absolute atomic E-state index is 11.9. The molecule has 100 valence electrons. The summed E-state index contributed by atoms with van der Waals surface area (Å²) in [4.78, 5) is 11.9. The summed E-state index contributed by atoms with van der Waals surface area (Å²) in [7, 11) is 1.84. The maximum Gasteiger partial charge on any atom is 0.261 e. The second-order valence-electron chi connectivity index (χ2n) is 4.24. The topological polar surface area (TPSA) is 56.1 Å². The molecule has 0 aliphatic rings. The van der Waals surface area contributed by atoms with Crippen molar-refractivity contribution in [1.82, 2.24) is 15.1 Å². The van der Waals surface area contributed by atoms with Gasteiger partial charge in [0.2, 0.25) is 0 Å². The van der Waals surface area contributed by atoms with Gasteiger partial charge in [0, 0.05) is 13.2 Å². The Labute approximate surface area is 112 Å². The van der Waals surface area contributed by atoms with Gasteiger partial charge in [0.1, 0.15) is 5.75 Å². The molecule has 1 aromatic heterocycles. The van der Waals surface area contributed by atoms with Crippen LogP contribution in [-0.2, 0) is 18.4 Å². The molecule has 0 bridgehead atoms. The Morgan fingerprint density at radius 3 is 2.74 bits per heavy atom. The van der Waals surface area contributed by atoms with Gasteiger partial charge < -0.3 is 10.1 Å². The van der Waals surface area contributed by atoms with E-state index in [1.165, 1.54) is 0 Å². The van der Waals surface area contributed by atoms with Crippen LogP contribution in [0.5, 0.6) is 5.75 Å². The number of hydrogen-bond acceptors (Lipinski definition) is 3. The monoisotopic (exact) mass is 259 g/mol. The highest BCUT2D eigenvalue weighted by atomic mass is 16.5. The molecule has 5 nitrogen and oxygen atoms in total. The number of carbonyl (C=O) groups is 1. The quantitative estimate of drug-likeness (QED) is 0.885. The fourth-order valence-corrected chi connectivity index (χ4v) is 1.65. The third-order valence-electron chi connectivity index (χ3n) is 2.79. The molecule has 0 saturated carbocycles. The first kappa shape index (κ1) is 13.1. The van der Waals surface area contributed by atoms with Crippen molar-refractivity contribution in [3.05, 3.63) is 48.3 Å². The molecular weight excluding hydrogens is 242 g/mol. The van der Waals surface area contributed by atoms with Crippen molar-refractivity contribution in [2.24, 2.45) is 7.05 Å². The minimum absolute atomic E-state index is 0.148.